The molecule has 0 amide bonds. The second kappa shape index (κ2) is 6.34. The van der Waals surface area contributed by atoms with Crippen LogP contribution in [0.15, 0.2) is 41.1 Å². The van der Waals surface area contributed by atoms with Crippen LogP contribution < -0.4 is 4.74 Å². The summed E-state index contributed by atoms with van der Waals surface area (Å²) in [5.74, 6) is 2.77. The van der Waals surface area contributed by atoms with Crippen molar-refractivity contribution in [3.05, 3.63) is 48.2 Å². The number of rotatable bonds is 4. The van der Waals surface area contributed by atoms with Crippen LogP contribution in [0.5, 0.6) is 5.75 Å². The molecule has 4 heterocycles. The summed E-state index contributed by atoms with van der Waals surface area (Å²) < 4.78 is 17.9. The molecule has 5 heteroatoms. The number of hydrogen-bond donors (Lipinski definition) is 0. The maximum absolute atomic E-state index is 6.16. The van der Waals surface area contributed by atoms with E-state index in [1.807, 2.05) is 25.1 Å². The van der Waals surface area contributed by atoms with Crippen molar-refractivity contribution in [3.8, 4) is 5.75 Å². The molecule has 2 aliphatic heterocycles. The summed E-state index contributed by atoms with van der Waals surface area (Å²) in [6.45, 7) is 4.46. The van der Waals surface area contributed by atoms with E-state index >= 15 is 0 Å². The predicted octanol–water partition coefficient (Wildman–Crippen LogP) is 2.79. The lowest BCUT2D eigenvalue weighted by Crippen LogP contribution is -2.42. The van der Waals surface area contributed by atoms with Crippen LogP contribution in [0.4, 0.5) is 0 Å². The van der Waals surface area contributed by atoms with E-state index in [9.17, 15) is 0 Å². The van der Waals surface area contributed by atoms with E-state index in [2.05, 4.69) is 16.0 Å². The van der Waals surface area contributed by atoms with E-state index < -0.39 is 0 Å². The lowest BCUT2D eigenvalue weighted by molar-refractivity contribution is -0.0476. The summed E-state index contributed by atoms with van der Waals surface area (Å²) in [5, 5.41) is 0. The Balaban J connectivity index is 1.49. The second-order valence-corrected chi connectivity index (χ2v) is 6.33. The van der Waals surface area contributed by atoms with Crippen molar-refractivity contribution in [3.63, 3.8) is 0 Å². The number of pyridine rings is 1. The predicted molar refractivity (Wildman–Crippen MR) is 85.3 cm³/mol. The second-order valence-electron chi connectivity index (χ2n) is 6.33. The Morgan fingerprint density at radius 3 is 3.09 bits per heavy atom. The van der Waals surface area contributed by atoms with E-state index in [0.717, 1.165) is 49.8 Å². The quantitative estimate of drug-likeness (QED) is 0.868. The number of aryl methyl sites for hydroxylation is 1. The van der Waals surface area contributed by atoms with Crippen LogP contribution in [0.3, 0.4) is 0 Å². The summed E-state index contributed by atoms with van der Waals surface area (Å²) >= 11 is 0. The van der Waals surface area contributed by atoms with Gasteiger partial charge in [0.25, 0.3) is 0 Å². The SMILES string of the molecule is Cc1ccc(CN2C[C@@H](Oc3cccnc3)[C@@H]3OCCC[C@H]32)o1. The van der Waals surface area contributed by atoms with Gasteiger partial charge in [-0.2, -0.15) is 0 Å². The van der Waals surface area contributed by atoms with Gasteiger partial charge < -0.3 is 13.9 Å². The van der Waals surface area contributed by atoms with E-state index in [1.165, 1.54) is 0 Å². The van der Waals surface area contributed by atoms with Gasteiger partial charge in [-0.3, -0.25) is 9.88 Å². The first-order valence-corrected chi connectivity index (χ1v) is 8.27. The zero-order chi connectivity index (χ0) is 15.6. The molecule has 5 nitrogen and oxygen atoms in total. The summed E-state index contributed by atoms with van der Waals surface area (Å²) in [5.41, 5.74) is 0. The third-order valence-electron chi connectivity index (χ3n) is 4.66. The van der Waals surface area contributed by atoms with Crippen molar-refractivity contribution < 1.29 is 13.9 Å². The normalized spacial score (nSPS) is 27.8. The Hall–Kier alpha value is -1.85. The molecule has 0 unspecified atom stereocenters. The molecule has 2 saturated heterocycles. The molecule has 3 atom stereocenters. The molecule has 0 aromatic carbocycles. The van der Waals surface area contributed by atoms with Gasteiger partial charge in [-0.1, -0.05) is 0 Å². The Bertz CT molecular complexity index is 643. The minimum absolute atomic E-state index is 0.0422. The third-order valence-corrected chi connectivity index (χ3v) is 4.66. The van der Waals surface area contributed by atoms with Gasteiger partial charge in [0.05, 0.1) is 12.7 Å². The van der Waals surface area contributed by atoms with Gasteiger partial charge in [0.15, 0.2) is 0 Å². The van der Waals surface area contributed by atoms with Crippen LogP contribution >= 0.6 is 0 Å². The minimum Gasteiger partial charge on any atom is -0.485 e. The van der Waals surface area contributed by atoms with E-state index in [0.29, 0.717) is 6.04 Å². The van der Waals surface area contributed by atoms with Crippen LogP contribution in [0.1, 0.15) is 24.4 Å². The zero-order valence-electron chi connectivity index (χ0n) is 13.4. The molecule has 0 saturated carbocycles. The van der Waals surface area contributed by atoms with Gasteiger partial charge in [-0.15, -0.1) is 0 Å². The fraction of sp³-hybridized carbons (Fsp3) is 0.500. The van der Waals surface area contributed by atoms with Crippen LogP contribution in [0, 0.1) is 6.92 Å². The van der Waals surface area contributed by atoms with E-state index in [1.54, 1.807) is 12.4 Å². The van der Waals surface area contributed by atoms with Crippen molar-refractivity contribution in [2.45, 2.75) is 44.6 Å². The Morgan fingerprint density at radius 1 is 1.35 bits per heavy atom. The highest BCUT2D eigenvalue weighted by molar-refractivity contribution is 5.17. The average Bonchev–Trinajstić information content (AvgIpc) is 3.14. The Kier molecular flexibility index (Phi) is 4.06. The highest BCUT2D eigenvalue weighted by Crippen LogP contribution is 2.32. The molecule has 23 heavy (non-hydrogen) atoms. The van der Waals surface area contributed by atoms with E-state index in [4.69, 9.17) is 13.9 Å². The van der Waals surface area contributed by atoms with Crippen LogP contribution in [0.2, 0.25) is 0 Å². The van der Waals surface area contributed by atoms with E-state index in [-0.39, 0.29) is 12.2 Å². The number of aromatic nitrogens is 1. The number of hydrogen-bond acceptors (Lipinski definition) is 5. The number of nitrogens with zero attached hydrogens (tertiary/aromatic N) is 2. The van der Waals surface area contributed by atoms with Gasteiger partial charge in [0, 0.05) is 25.4 Å². The fourth-order valence-corrected chi connectivity index (χ4v) is 3.65. The molecule has 0 radical (unpaired) electrons. The van der Waals surface area contributed by atoms with Crippen molar-refractivity contribution >= 4 is 0 Å². The first-order valence-electron chi connectivity index (χ1n) is 8.27. The molecule has 2 aromatic rings. The maximum Gasteiger partial charge on any atom is 0.139 e. The van der Waals surface area contributed by atoms with Crippen LogP contribution in [-0.2, 0) is 11.3 Å². The molecule has 0 aliphatic carbocycles. The molecule has 2 fully saturated rings. The van der Waals surface area contributed by atoms with Crippen molar-refractivity contribution in [2.24, 2.45) is 0 Å². The molecule has 2 aromatic heterocycles. The molecule has 0 spiro atoms. The third kappa shape index (κ3) is 3.12. The number of fused-ring (bicyclic) bond motifs is 1. The smallest absolute Gasteiger partial charge is 0.139 e. The molecule has 4 rings (SSSR count). The monoisotopic (exact) mass is 314 g/mol. The number of ether oxygens (including phenoxy) is 2. The number of furan rings is 1. The minimum atomic E-state index is 0.0422. The van der Waals surface area contributed by atoms with Crippen LogP contribution in [-0.4, -0.2) is 41.3 Å². The van der Waals surface area contributed by atoms with Gasteiger partial charge >= 0.3 is 0 Å². The highest BCUT2D eigenvalue weighted by atomic mass is 16.5. The highest BCUT2D eigenvalue weighted by Gasteiger charge is 2.45. The largest absolute Gasteiger partial charge is 0.485 e. The molecule has 122 valence electrons. The first kappa shape index (κ1) is 14.7. The number of likely N-dealkylation sites (tertiary alicyclic amines) is 1. The van der Waals surface area contributed by atoms with Gasteiger partial charge in [-0.05, 0) is 44.0 Å². The van der Waals surface area contributed by atoms with Crippen molar-refractivity contribution in [1.29, 1.82) is 0 Å². The van der Waals surface area contributed by atoms with Crippen molar-refractivity contribution in [1.82, 2.24) is 9.88 Å². The van der Waals surface area contributed by atoms with Crippen molar-refractivity contribution in [2.75, 3.05) is 13.2 Å². The summed E-state index contributed by atoms with van der Waals surface area (Å²) in [7, 11) is 0. The Labute approximate surface area is 136 Å². The molecule has 0 N–H and O–H groups in total. The van der Waals surface area contributed by atoms with Gasteiger partial charge in [-0.25, -0.2) is 0 Å². The van der Waals surface area contributed by atoms with Gasteiger partial charge in [0.2, 0.25) is 0 Å². The first-order chi connectivity index (χ1) is 11.3. The Morgan fingerprint density at radius 2 is 2.30 bits per heavy atom. The molecular formula is C18H22N2O3. The topological polar surface area (TPSA) is 47.7 Å². The molecule has 2 aliphatic rings. The molecule has 0 bridgehead atoms. The van der Waals surface area contributed by atoms with Crippen LogP contribution in [0.25, 0.3) is 0 Å². The standard InChI is InChI=1S/C18H22N2O3/c1-13-6-7-15(22-13)11-20-12-17(18-16(20)5-3-9-21-18)23-14-4-2-8-19-10-14/h2,4,6-8,10,16-18H,3,5,9,11-12H2,1H3/t16-,17-,18-/m1/s1. The maximum atomic E-state index is 6.16. The lowest BCUT2D eigenvalue weighted by Gasteiger charge is -2.31. The average molecular weight is 314 g/mol. The summed E-state index contributed by atoms with van der Waals surface area (Å²) in [6.07, 6.45) is 5.94. The molecular weight excluding hydrogens is 292 g/mol. The lowest BCUT2D eigenvalue weighted by atomic mass is 10.0. The summed E-state index contributed by atoms with van der Waals surface area (Å²) in [6, 6.07) is 8.32. The van der Waals surface area contributed by atoms with Gasteiger partial charge in [0.1, 0.15) is 29.5 Å². The zero-order valence-corrected chi connectivity index (χ0v) is 13.4. The fourth-order valence-electron chi connectivity index (χ4n) is 3.65. The summed E-state index contributed by atoms with van der Waals surface area (Å²) in [4.78, 5) is 6.56.